The molecule has 0 bridgehead atoms. The first-order chi connectivity index (χ1) is 15.0. The molecule has 0 radical (unpaired) electrons. The van der Waals surface area contributed by atoms with E-state index in [1.54, 1.807) is 13.2 Å². The molecule has 3 aliphatic heterocycles. The average Bonchev–Trinajstić information content (AvgIpc) is 3.39. The van der Waals surface area contributed by atoms with Crippen molar-refractivity contribution in [3.05, 3.63) is 38.9 Å². The number of likely N-dealkylation sites (N-methyl/N-ethyl adjacent to an activating group) is 1. The molecule has 31 heavy (non-hydrogen) atoms. The Morgan fingerprint density at radius 3 is 2.52 bits per heavy atom. The third kappa shape index (κ3) is 2.79. The number of nitrogens with zero attached hydrogens (tertiary/aromatic N) is 1. The molecular weight excluding hydrogens is 470 g/mol. The van der Waals surface area contributed by atoms with Crippen LogP contribution in [-0.2, 0) is 11.2 Å². The highest BCUT2D eigenvalue weighted by molar-refractivity contribution is 9.10. The van der Waals surface area contributed by atoms with Crippen LogP contribution in [0.25, 0.3) is 0 Å². The number of hydrogen-bond acceptors (Lipinski definition) is 8. The normalized spacial score (nSPS) is 21.4. The van der Waals surface area contributed by atoms with E-state index in [9.17, 15) is 4.79 Å². The largest absolute Gasteiger partial charge is 0.493 e. The molecular formula is C22H22BrNO7. The van der Waals surface area contributed by atoms with E-state index in [4.69, 9.17) is 28.4 Å². The van der Waals surface area contributed by atoms with Gasteiger partial charge in [0.05, 0.1) is 31.8 Å². The van der Waals surface area contributed by atoms with Crippen LogP contribution >= 0.6 is 15.9 Å². The van der Waals surface area contributed by atoms with Crippen molar-refractivity contribution in [2.45, 2.75) is 18.6 Å². The SMILES string of the molecule is COc1ccc2c(c1OC)C(=O)O[C@@H]2C1c2c(c(Br)c3c(c2OC)OCO3)CCN1C. The van der Waals surface area contributed by atoms with E-state index in [2.05, 4.69) is 20.8 Å². The highest BCUT2D eigenvalue weighted by Crippen LogP contribution is 2.57. The highest BCUT2D eigenvalue weighted by Gasteiger charge is 2.47. The maximum Gasteiger partial charge on any atom is 0.343 e. The first kappa shape index (κ1) is 20.3. The summed E-state index contributed by atoms with van der Waals surface area (Å²) in [4.78, 5) is 15.1. The smallest absolute Gasteiger partial charge is 0.343 e. The Balaban J connectivity index is 1.72. The molecule has 0 amide bonds. The lowest BCUT2D eigenvalue weighted by Crippen LogP contribution is -2.36. The topological polar surface area (TPSA) is 75.7 Å². The van der Waals surface area contributed by atoms with Crippen LogP contribution in [-0.4, -0.2) is 52.6 Å². The van der Waals surface area contributed by atoms with Crippen molar-refractivity contribution < 1.29 is 33.2 Å². The second-order valence-electron chi connectivity index (χ2n) is 7.57. The molecule has 9 heteroatoms. The summed E-state index contributed by atoms with van der Waals surface area (Å²) < 4.78 is 34.9. The predicted octanol–water partition coefficient (Wildman–Crippen LogP) is 3.64. The van der Waals surface area contributed by atoms with Crippen LogP contribution in [0.4, 0.5) is 0 Å². The van der Waals surface area contributed by atoms with Crippen LogP contribution in [0, 0.1) is 0 Å². The molecule has 3 aliphatic rings. The van der Waals surface area contributed by atoms with Crippen molar-refractivity contribution in [2.75, 3.05) is 41.7 Å². The van der Waals surface area contributed by atoms with Crippen molar-refractivity contribution in [3.8, 4) is 28.7 Å². The number of methoxy groups -OCH3 is 3. The summed E-state index contributed by atoms with van der Waals surface area (Å²) in [5, 5.41) is 0. The number of fused-ring (bicyclic) bond motifs is 3. The van der Waals surface area contributed by atoms with Crippen LogP contribution in [0.1, 0.15) is 39.2 Å². The zero-order valence-electron chi connectivity index (χ0n) is 17.6. The van der Waals surface area contributed by atoms with Crippen LogP contribution in [0.2, 0.25) is 0 Å². The monoisotopic (exact) mass is 491 g/mol. The quantitative estimate of drug-likeness (QED) is 0.600. The second-order valence-corrected chi connectivity index (χ2v) is 8.36. The molecule has 2 atom stereocenters. The molecule has 0 aromatic heterocycles. The Labute approximate surface area is 188 Å². The van der Waals surface area contributed by atoms with Crippen LogP contribution < -0.4 is 23.7 Å². The van der Waals surface area contributed by atoms with Gasteiger partial charge >= 0.3 is 5.97 Å². The van der Waals surface area contributed by atoms with E-state index in [-0.39, 0.29) is 12.8 Å². The summed E-state index contributed by atoms with van der Waals surface area (Å²) in [6, 6.07) is 3.37. The Hall–Kier alpha value is -2.65. The minimum absolute atomic E-state index is 0.131. The van der Waals surface area contributed by atoms with Gasteiger partial charge in [-0.25, -0.2) is 4.79 Å². The number of benzene rings is 2. The molecule has 164 valence electrons. The standard InChI is InChI=1S/C22H22BrNO7/c1-24-8-7-10-13(19(28-4)21-20(15(10)23)29-9-30-21)16(24)17-11-5-6-12(26-2)18(27-3)14(11)22(25)31-17/h5-6,16-17H,7-9H2,1-4H3/t16?,17-/m0/s1. The molecule has 2 aromatic rings. The van der Waals surface area contributed by atoms with Gasteiger partial charge in [0.2, 0.25) is 12.5 Å². The Kier molecular flexibility index (Phi) is 4.90. The van der Waals surface area contributed by atoms with Crippen LogP contribution in [0.3, 0.4) is 0 Å². The van der Waals surface area contributed by atoms with Gasteiger partial charge in [-0.05, 0) is 41.0 Å². The third-order valence-electron chi connectivity index (χ3n) is 6.15. The highest BCUT2D eigenvalue weighted by atomic mass is 79.9. The van der Waals surface area contributed by atoms with Gasteiger partial charge in [0, 0.05) is 17.7 Å². The molecule has 0 fully saturated rings. The van der Waals surface area contributed by atoms with Crippen LogP contribution in [0.15, 0.2) is 16.6 Å². The number of ether oxygens (including phenoxy) is 6. The Morgan fingerprint density at radius 1 is 1.06 bits per heavy atom. The molecule has 0 spiro atoms. The Morgan fingerprint density at radius 2 is 1.81 bits per heavy atom. The van der Waals surface area contributed by atoms with Gasteiger partial charge in [-0.1, -0.05) is 6.07 Å². The number of carbonyl (C=O) groups excluding carboxylic acids is 1. The van der Waals surface area contributed by atoms with Crippen molar-refractivity contribution in [1.82, 2.24) is 4.90 Å². The van der Waals surface area contributed by atoms with Crippen LogP contribution in [0.5, 0.6) is 28.7 Å². The van der Waals surface area contributed by atoms with E-state index >= 15 is 0 Å². The lowest BCUT2D eigenvalue weighted by molar-refractivity contribution is 0.00869. The van der Waals surface area contributed by atoms with Crippen molar-refractivity contribution in [3.63, 3.8) is 0 Å². The fourth-order valence-corrected chi connectivity index (χ4v) is 5.48. The molecule has 5 rings (SSSR count). The lowest BCUT2D eigenvalue weighted by Gasteiger charge is -2.39. The van der Waals surface area contributed by atoms with E-state index in [0.29, 0.717) is 34.3 Å². The van der Waals surface area contributed by atoms with Crippen molar-refractivity contribution >= 4 is 21.9 Å². The molecule has 0 N–H and O–H groups in total. The van der Waals surface area contributed by atoms with Gasteiger partial charge in [0.15, 0.2) is 23.0 Å². The zero-order valence-corrected chi connectivity index (χ0v) is 19.2. The summed E-state index contributed by atoms with van der Waals surface area (Å²) >= 11 is 3.70. The number of halogens is 1. The summed E-state index contributed by atoms with van der Waals surface area (Å²) in [6.07, 6.45) is 0.238. The first-order valence-electron chi connectivity index (χ1n) is 9.85. The number of carbonyl (C=O) groups is 1. The Bertz CT molecular complexity index is 1090. The van der Waals surface area contributed by atoms with Crippen molar-refractivity contribution in [2.24, 2.45) is 0 Å². The molecule has 2 aromatic carbocycles. The van der Waals surface area contributed by atoms with E-state index < -0.39 is 12.1 Å². The van der Waals surface area contributed by atoms with Crippen molar-refractivity contribution in [1.29, 1.82) is 0 Å². The van der Waals surface area contributed by atoms with E-state index in [1.165, 1.54) is 14.2 Å². The number of hydrogen-bond donors (Lipinski definition) is 0. The zero-order chi connectivity index (χ0) is 21.9. The minimum atomic E-state index is -0.549. The predicted molar refractivity (Wildman–Crippen MR) is 114 cm³/mol. The van der Waals surface area contributed by atoms with Gasteiger partial charge in [-0.2, -0.15) is 0 Å². The average molecular weight is 492 g/mol. The molecule has 3 heterocycles. The number of esters is 1. The maximum atomic E-state index is 12.9. The summed E-state index contributed by atoms with van der Waals surface area (Å²) in [5.41, 5.74) is 3.14. The maximum absolute atomic E-state index is 12.9. The summed E-state index contributed by atoms with van der Waals surface area (Å²) in [7, 11) is 6.68. The van der Waals surface area contributed by atoms with Gasteiger partial charge in [-0.3, -0.25) is 4.90 Å². The number of cyclic esters (lactones) is 1. The van der Waals surface area contributed by atoms with E-state index in [1.807, 2.05) is 13.1 Å². The third-order valence-corrected chi connectivity index (χ3v) is 6.99. The molecule has 0 saturated heterocycles. The fourth-order valence-electron chi connectivity index (χ4n) is 4.78. The lowest BCUT2D eigenvalue weighted by atomic mass is 9.85. The van der Waals surface area contributed by atoms with Gasteiger partial charge < -0.3 is 28.4 Å². The molecule has 8 nitrogen and oxygen atoms in total. The minimum Gasteiger partial charge on any atom is -0.493 e. The molecule has 1 unspecified atom stereocenters. The van der Waals surface area contributed by atoms with E-state index in [0.717, 1.165) is 34.1 Å². The molecule has 0 saturated carbocycles. The second kappa shape index (κ2) is 7.49. The summed E-state index contributed by atoms with van der Waals surface area (Å²) in [5.74, 6) is 2.24. The first-order valence-corrected chi connectivity index (χ1v) is 10.6. The fraction of sp³-hybridized carbons (Fsp3) is 0.409. The van der Waals surface area contributed by atoms with Gasteiger partial charge in [0.1, 0.15) is 11.7 Å². The van der Waals surface area contributed by atoms with Gasteiger partial charge in [-0.15, -0.1) is 0 Å². The van der Waals surface area contributed by atoms with Gasteiger partial charge in [0.25, 0.3) is 0 Å². The summed E-state index contributed by atoms with van der Waals surface area (Å²) in [6.45, 7) is 0.904. The molecule has 0 aliphatic carbocycles. The number of rotatable bonds is 4.